The van der Waals surface area contributed by atoms with Crippen LogP contribution in [-0.2, 0) is 9.08 Å². The van der Waals surface area contributed by atoms with Gasteiger partial charge >= 0.3 is 5.97 Å². The van der Waals surface area contributed by atoms with Crippen LogP contribution < -0.4 is 15.4 Å². The molecule has 1 fully saturated rings. The van der Waals surface area contributed by atoms with Crippen molar-refractivity contribution in [2.24, 2.45) is 5.92 Å². The van der Waals surface area contributed by atoms with Gasteiger partial charge in [-0.25, -0.2) is 14.3 Å². The molecule has 0 atom stereocenters. The van der Waals surface area contributed by atoms with E-state index in [4.69, 9.17) is 16.6 Å². The highest BCUT2D eigenvalue weighted by atomic mass is 35.5. The average Bonchev–Trinajstić information content (AvgIpc) is 3.64. The van der Waals surface area contributed by atoms with Gasteiger partial charge in [0, 0.05) is 29.3 Å². The molecule has 2 heterocycles. The second-order valence-corrected chi connectivity index (χ2v) is 8.05. The second kappa shape index (κ2) is 9.43. The van der Waals surface area contributed by atoms with E-state index in [1.165, 1.54) is 16.6 Å². The zero-order valence-corrected chi connectivity index (χ0v) is 18.9. The van der Waals surface area contributed by atoms with Crippen molar-refractivity contribution in [3.63, 3.8) is 0 Å². The van der Waals surface area contributed by atoms with Crippen LogP contribution >= 0.6 is 11.9 Å². The van der Waals surface area contributed by atoms with Gasteiger partial charge in [-0.1, -0.05) is 12.1 Å². The van der Waals surface area contributed by atoms with E-state index in [1.54, 1.807) is 54.7 Å². The molecular weight excluding hydrogens is 474 g/mol. The number of hydrogen-bond donors (Lipinski definition) is 2. The Bertz CT molecular complexity index is 1450. The van der Waals surface area contributed by atoms with Crippen LogP contribution in [0.25, 0.3) is 5.65 Å². The summed E-state index contributed by atoms with van der Waals surface area (Å²) >= 11 is 5.11. The number of anilines is 2. The molecule has 10 nitrogen and oxygen atoms in total. The van der Waals surface area contributed by atoms with E-state index in [0.717, 1.165) is 12.8 Å². The Balaban J connectivity index is 1.27. The number of imidazole rings is 1. The van der Waals surface area contributed by atoms with Gasteiger partial charge in [0.05, 0.1) is 11.8 Å². The highest BCUT2D eigenvalue weighted by Crippen LogP contribution is 2.30. The molecule has 1 saturated carbocycles. The quantitative estimate of drug-likeness (QED) is 0.391. The summed E-state index contributed by atoms with van der Waals surface area (Å²) in [4.78, 5) is 40.5. The maximum Gasteiger partial charge on any atom is 0.356 e. The van der Waals surface area contributed by atoms with Crippen LogP contribution in [0.5, 0.6) is 11.6 Å². The van der Waals surface area contributed by atoms with E-state index in [0.29, 0.717) is 28.8 Å². The van der Waals surface area contributed by atoms with E-state index in [-0.39, 0.29) is 23.0 Å². The van der Waals surface area contributed by atoms with E-state index in [1.807, 2.05) is 0 Å². The molecule has 0 aliphatic heterocycles. The normalized spacial score (nSPS) is 12.7. The first-order valence-corrected chi connectivity index (χ1v) is 11.0. The number of hydrogen-bond acceptors (Lipinski definition) is 7. The first kappa shape index (κ1) is 22.4. The van der Waals surface area contributed by atoms with Gasteiger partial charge in [0.15, 0.2) is 11.5 Å². The zero-order chi connectivity index (χ0) is 24.4. The Morgan fingerprint density at radius 1 is 0.971 bits per heavy atom. The summed E-state index contributed by atoms with van der Waals surface area (Å²) in [6.45, 7) is 0. The summed E-state index contributed by atoms with van der Waals surface area (Å²) < 4.78 is 11.5. The van der Waals surface area contributed by atoms with Crippen molar-refractivity contribution in [3.8, 4) is 11.6 Å². The van der Waals surface area contributed by atoms with Crippen LogP contribution in [0.1, 0.15) is 33.6 Å². The maximum atomic E-state index is 12.6. The smallest absolute Gasteiger partial charge is 0.356 e. The molecule has 0 unspecified atom stereocenters. The second-order valence-electron chi connectivity index (χ2n) is 7.89. The lowest BCUT2D eigenvalue weighted by Gasteiger charge is -2.09. The minimum Gasteiger partial charge on any atom is -0.438 e. The molecule has 176 valence electrons. The minimum absolute atomic E-state index is 0.0329. The third kappa shape index (κ3) is 5.22. The fourth-order valence-corrected chi connectivity index (χ4v) is 3.44. The van der Waals surface area contributed by atoms with Gasteiger partial charge in [-0.05, 0) is 49.2 Å². The van der Waals surface area contributed by atoms with Gasteiger partial charge in [-0.2, -0.15) is 0 Å². The molecule has 1 aliphatic rings. The summed E-state index contributed by atoms with van der Waals surface area (Å²) in [7, 11) is 0. The first-order valence-electron chi connectivity index (χ1n) is 10.7. The lowest BCUT2D eigenvalue weighted by Crippen LogP contribution is -2.13. The highest BCUT2D eigenvalue weighted by molar-refractivity contribution is 6.16. The molecule has 0 saturated heterocycles. The van der Waals surface area contributed by atoms with E-state index in [2.05, 4.69) is 25.0 Å². The lowest BCUT2D eigenvalue weighted by atomic mass is 10.1. The van der Waals surface area contributed by atoms with Crippen molar-refractivity contribution in [1.29, 1.82) is 0 Å². The van der Waals surface area contributed by atoms with Gasteiger partial charge in [0.25, 0.3) is 5.91 Å². The third-order valence-corrected chi connectivity index (χ3v) is 5.38. The Hall–Kier alpha value is -4.44. The molecule has 2 aromatic heterocycles. The van der Waals surface area contributed by atoms with Crippen LogP contribution in [0.3, 0.4) is 0 Å². The van der Waals surface area contributed by atoms with Gasteiger partial charge in [0.2, 0.25) is 11.8 Å². The molecule has 1 aliphatic carbocycles. The number of nitrogens with zero attached hydrogens (tertiary/aromatic N) is 3. The van der Waals surface area contributed by atoms with Crippen molar-refractivity contribution in [1.82, 2.24) is 14.6 Å². The van der Waals surface area contributed by atoms with Gasteiger partial charge in [-0.3, -0.25) is 9.59 Å². The molecule has 0 radical (unpaired) electrons. The molecule has 0 spiro atoms. The number of carbonyl (C=O) groups is 3. The van der Waals surface area contributed by atoms with Crippen LogP contribution in [-0.4, -0.2) is 32.4 Å². The number of nitrogens with one attached hydrogen (secondary N) is 2. The van der Waals surface area contributed by atoms with Crippen molar-refractivity contribution >= 4 is 46.8 Å². The monoisotopic (exact) mass is 491 g/mol. The number of fused-ring (bicyclic) bond motifs is 1. The Morgan fingerprint density at radius 2 is 1.77 bits per heavy atom. The summed E-state index contributed by atoms with van der Waals surface area (Å²) in [5, 5.41) is 9.91. The third-order valence-electron chi connectivity index (χ3n) is 5.24. The predicted octanol–water partition coefficient (Wildman–Crippen LogP) is 4.43. The van der Waals surface area contributed by atoms with Gasteiger partial charge in [0.1, 0.15) is 17.6 Å². The van der Waals surface area contributed by atoms with Crippen LogP contribution in [0.4, 0.5) is 11.5 Å². The lowest BCUT2D eigenvalue weighted by molar-refractivity contribution is -0.117. The van der Waals surface area contributed by atoms with Crippen LogP contribution in [0.2, 0.25) is 0 Å². The van der Waals surface area contributed by atoms with Crippen LogP contribution in [0, 0.1) is 5.92 Å². The summed E-state index contributed by atoms with van der Waals surface area (Å²) in [6, 6.07) is 16.1. The molecule has 2 aromatic carbocycles. The average molecular weight is 492 g/mol. The van der Waals surface area contributed by atoms with Gasteiger partial charge < -0.3 is 19.7 Å². The fraction of sp³-hybridized carbons (Fsp3) is 0.125. The topological polar surface area (TPSA) is 124 Å². The number of aromatic nitrogens is 3. The highest BCUT2D eigenvalue weighted by Gasteiger charge is 2.30. The number of benzene rings is 2. The van der Waals surface area contributed by atoms with E-state index < -0.39 is 11.9 Å². The molecule has 5 rings (SSSR count). The Kier molecular flexibility index (Phi) is 6.02. The maximum absolute atomic E-state index is 12.6. The standard InChI is InChI=1S/C24H18ClN5O5/c25-35-24(33)16-4-1-3-15(11-16)23(32)26-17-5-2-6-18(12-17)34-21-10-9-20-27-19(13-30(20)29-21)28-22(31)14-7-8-14/h1-6,9-14H,7-8H2,(H,26,32)(H,28,31). The Morgan fingerprint density at radius 3 is 2.57 bits per heavy atom. The van der Waals surface area contributed by atoms with Crippen LogP contribution in [0.15, 0.2) is 66.9 Å². The molecule has 35 heavy (non-hydrogen) atoms. The molecule has 4 aromatic rings. The largest absolute Gasteiger partial charge is 0.438 e. The fourth-order valence-electron chi connectivity index (χ4n) is 3.35. The van der Waals surface area contributed by atoms with Gasteiger partial charge in [-0.15, -0.1) is 5.10 Å². The van der Waals surface area contributed by atoms with Crippen molar-refractivity contribution in [2.75, 3.05) is 10.6 Å². The first-order chi connectivity index (χ1) is 17.0. The summed E-state index contributed by atoms with van der Waals surface area (Å²) in [5.74, 6) is 0.0310. The van der Waals surface area contributed by atoms with E-state index in [9.17, 15) is 14.4 Å². The SMILES string of the molecule is O=C(Nc1cccc(Oc2ccc3nc(NC(=O)C4CC4)cn3n2)c1)c1cccc(C(=O)OCl)c1. The van der Waals surface area contributed by atoms with E-state index >= 15 is 0 Å². The number of carbonyl (C=O) groups excluding carboxylic acids is 3. The number of ether oxygens (including phenoxy) is 1. The predicted molar refractivity (Wildman–Crippen MR) is 127 cm³/mol. The summed E-state index contributed by atoms with van der Waals surface area (Å²) in [6.07, 6.45) is 3.43. The minimum atomic E-state index is -0.753. The zero-order valence-electron chi connectivity index (χ0n) is 18.1. The van der Waals surface area contributed by atoms with Crippen molar-refractivity contribution in [2.45, 2.75) is 12.8 Å². The molecular formula is C24H18ClN5O5. The molecule has 0 bridgehead atoms. The molecule has 2 N–H and O–H groups in total. The Labute approximate surface area is 204 Å². The number of amides is 2. The molecule has 11 heteroatoms. The summed E-state index contributed by atoms with van der Waals surface area (Å²) in [5.41, 5.74) is 1.45. The van der Waals surface area contributed by atoms with Crippen molar-refractivity contribution in [3.05, 3.63) is 78.0 Å². The number of rotatable bonds is 7. The van der Waals surface area contributed by atoms with Crippen molar-refractivity contribution < 1.29 is 23.4 Å². The number of halogens is 1. The molecule has 2 amide bonds.